The molecule has 0 fully saturated rings. The van der Waals surface area contributed by atoms with E-state index < -0.39 is 12.5 Å². The van der Waals surface area contributed by atoms with E-state index in [9.17, 15) is 14.0 Å². The molecule has 8 nitrogen and oxygen atoms in total. The van der Waals surface area contributed by atoms with E-state index in [4.69, 9.17) is 10.5 Å². The number of aryl methyl sites for hydroxylation is 1. The van der Waals surface area contributed by atoms with Gasteiger partial charge in [0.25, 0.3) is 5.92 Å². The van der Waals surface area contributed by atoms with Crippen molar-refractivity contribution in [2.45, 2.75) is 5.92 Å². The molecular weight excluding hydrogens is 416 g/mol. The Balaban J connectivity index is 1.71. The van der Waals surface area contributed by atoms with Crippen LogP contribution in [0.1, 0.15) is 11.1 Å². The van der Waals surface area contributed by atoms with E-state index in [0.29, 0.717) is 28.4 Å². The lowest BCUT2D eigenvalue weighted by Crippen LogP contribution is -2.25. The molecule has 32 heavy (non-hydrogen) atoms. The van der Waals surface area contributed by atoms with Crippen LogP contribution in [0.25, 0.3) is 22.8 Å². The number of alkyl halides is 2. The third-order valence-electron chi connectivity index (χ3n) is 4.66. The third kappa shape index (κ3) is 4.14. The average Bonchev–Trinajstić information content (AvgIpc) is 3.19. The molecule has 0 aliphatic heterocycles. The van der Waals surface area contributed by atoms with Gasteiger partial charge in [0, 0.05) is 31.7 Å². The highest BCUT2D eigenvalue weighted by atomic mass is 19.3. The van der Waals surface area contributed by atoms with Crippen molar-refractivity contribution in [2.75, 3.05) is 6.54 Å². The van der Waals surface area contributed by atoms with Crippen molar-refractivity contribution in [1.29, 1.82) is 5.26 Å². The summed E-state index contributed by atoms with van der Waals surface area (Å²) in [7, 11) is 1.70. The zero-order valence-corrected chi connectivity index (χ0v) is 16.9. The summed E-state index contributed by atoms with van der Waals surface area (Å²) in [5.41, 5.74) is 6.78. The molecule has 0 aliphatic carbocycles. The van der Waals surface area contributed by atoms with E-state index in [-0.39, 0.29) is 17.1 Å². The Morgan fingerprint density at radius 1 is 1.09 bits per heavy atom. The van der Waals surface area contributed by atoms with E-state index in [1.54, 1.807) is 37.5 Å². The number of pyridine rings is 1. The first-order valence-corrected chi connectivity index (χ1v) is 9.49. The van der Waals surface area contributed by atoms with Gasteiger partial charge in [0.05, 0.1) is 35.0 Å². The smallest absolute Gasteiger partial charge is 0.288 e. The standard InChI is InChI=1S/C22H17F2N7O/c1-31-20(9-18(30-31)17-4-2-3-7-27-17)32-19-8-14(10-25)5-6-16(19)21-28-11-15(12-29-21)22(23,24)13-26/h2-9,11-12H,13,26H2,1H3. The molecule has 160 valence electrons. The SMILES string of the molecule is Cn1nc(-c2ccccn2)cc1Oc1cc(C#N)ccc1-c1ncc(C(F)(F)CN)cn1. The summed E-state index contributed by atoms with van der Waals surface area (Å²) in [6.07, 6.45) is 3.72. The van der Waals surface area contributed by atoms with E-state index in [1.165, 1.54) is 10.7 Å². The number of hydrogen-bond donors (Lipinski definition) is 1. The minimum Gasteiger partial charge on any atom is -0.438 e. The summed E-state index contributed by atoms with van der Waals surface area (Å²) in [5.74, 6) is -2.40. The fourth-order valence-electron chi connectivity index (χ4n) is 2.93. The Morgan fingerprint density at radius 2 is 1.88 bits per heavy atom. The summed E-state index contributed by atoms with van der Waals surface area (Å²) < 4.78 is 35.1. The maximum absolute atomic E-state index is 13.8. The Hall–Kier alpha value is -4.23. The number of hydrogen-bond acceptors (Lipinski definition) is 7. The number of ether oxygens (including phenoxy) is 1. The summed E-state index contributed by atoms with van der Waals surface area (Å²) in [4.78, 5) is 12.4. The van der Waals surface area contributed by atoms with Gasteiger partial charge in [0.15, 0.2) is 5.82 Å². The van der Waals surface area contributed by atoms with Gasteiger partial charge in [-0.2, -0.15) is 19.1 Å². The third-order valence-corrected chi connectivity index (χ3v) is 4.66. The maximum Gasteiger partial charge on any atom is 0.288 e. The molecule has 1 aromatic carbocycles. The molecule has 0 saturated heterocycles. The molecule has 0 atom stereocenters. The van der Waals surface area contributed by atoms with E-state index in [1.807, 2.05) is 18.2 Å². The van der Waals surface area contributed by atoms with Gasteiger partial charge in [0.1, 0.15) is 11.4 Å². The highest BCUT2D eigenvalue weighted by Crippen LogP contribution is 2.34. The fourth-order valence-corrected chi connectivity index (χ4v) is 2.93. The number of nitriles is 1. The molecule has 0 aliphatic rings. The number of benzene rings is 1. The molecule has 3 heterocycles. The van der Waals surface area contributed by atoms with Crippen molar-refractivity contribution in [3.05, 3.63) is 72.2 Å². The van der Waals surface area contributed by atoms with Crippen molar-refractivity contribution < 1.29 is 13.5 Å². The van der Waals surface area contributed by atoms with Crippen molar-refractivity contribution in [1.82, 2.24) is 24.7 Å². The van der Waals surface area contributed by atoms with Crippen molar-refractivity contribution in [3.63, 3.8) is 0 Å². The molecule has 3 aromatic heterocycles. The van der Waals surface area contributed by atoms with E-state index in [2.05, 4.69) is 20.1 Å². The Kier molecular flexibility index (Phi) is 5.57. The molecule has 10 heteroatoms. The number of halogens is 2. The first kappa shape index (κ1) is 21.0. The molecular formula is C22H17F2N7O. The fraction of sp³-hybridized carbons (Fsp3) is 0.136. The Morgan fingerprint density at radius 3 is 2.53 bits per heavy atom. The van der Waals surface area contributed by atoms with Gasteiger partial charge in [-0.25, -0.2) is 14.6 Å². The van der Waals surface area contributed by atoms with Gasteiger partial charge in [-0.1, -0.05) is 6.07 Å². The van der Waals surface area contributed by atoms with Gasteiger partial charge < -0.3 is 10.5 Å². The van der Waals surface area contributed by atoms with Gasteiger partial charge in [0.2, 0.25) is 5.88 Å². The molecule has 0 bridgehead atoms. The molecule has 0 amide bonds. The molecule has 2 N–H and O–H groups in total. The number of aromatic nitrogens is 5. The predicted molar refractivity (Wildman–Crippen MR) is 112 cm³/mol. The van der Waals surface area contributed by atoms with Crippen molar-refractivity contribution >= 4 is 0 Å². The molecule has 4 rings (SSSR count). The molecule has 0 spiro atoms. The van der Waals surface area contributed by atoms with E-state index in [0.717, 1.165) is 12.4 Å². The van der Waals surface area contributed by atoms with Crippen LogP contribution in [0.4, 0.5) is 8.78 Å². The van der Waals surface area contributed by atoms with Crippen LogP contribution in [0.3, 0.4) is 0 Å². The number of rotatable bonds is 6. The average molecular weight is 433 g/mol. The van der Waals surface area contributed by atoms with Gasteiger partial charge in [-0.05, 0) is 30.3 Å². The van der Waals surface area contributed by atoms with Crippen LogP contribution < -0.4 is 10.5 Å². The van der Waals surface area contributed by atoms with E-state index >= 15 is 0 Å². The van der Waals surface area contributed by atoms with Gasteiger partial charge in [-0.15, -0.1) is 0 Å². The summed E-state index contributed by atoms with van der Waals surface area (Å²) >= 11 is 0. The van der Waals surface area contributed by atoms with Gasteiger partial charge >= 0.3 is 0 Å². The second-order valence-corrected chi connectivity index (χ2v) is 6.84. The van der Waals surface area contributed by atoms with Crippen LogP contribution in [0.15, 0.2) is 61.1 Å². The Bertz CT molecular complexity index is 1280. The quantitative estimate of drug-likeness (QED) is 0.493. The van der Waals surface area contributed by atoms with Crippen molar-refractivity contribution in [2.24, 2.45) is 12.8 Å². The lowest BCUT2D eigenvalue weighted by molar-refractivity contribution is 0.00527. The first-order chi connectivity index (χ1) is 15.4. The maximum atomic E-state index is 13.8. The Labute approximate surface area is 182 Å². The van der Waals surface area contributed by atoms with Crippen LogP contribution >= 0.6 is 0 Å². The minimum atomic E-state index is -3.22. The lowest BCUT2D eigenvalue weighted by Gasteiger charge is -2.14. The summed E-state index contributed by atoms with van der Waals surface area (Å²) in [6.45, 7) is -0.847. The van der Waals surface area contributed by atoms with Gasteiger partial charge in [-0.3, -0.25) is 4.98 Å². The highest BCUT2D eigenvalue weighted by Gasteiger charge is 2.30. The molecule has 0 unspecified atom stereocenters. The number of nitrogens with two attached hydrogens (primary N) is 1. The van der Waals surface area contributed by atoms with Crippen LogP contribution in [0.2, 0.25) is 0 Å². The number of nitrogens with zero attached hydrogens (tertiary/aromatic N) is 6. The zero-order valence-electron chi connectivity index (χ0n) is 16.9. The normalized spacial score (nSPS) is 11.2. The highest BCUT2D eigenvalue weighted by molar-refractivity contribution is 5.67. The predicted octanol–water partition coefficient (Wildman–Crippen LogP) is 3.65. The van der Waals surface area contributed by atoms with Crippen molar-refractivity contribution in [3.8, 4) is 40.5 Å². The molecule has 0 radical (unpaired) electrons. The first-order valence-electron chi connectivity index (χ1n) is 9.49. The van der Waals surface area contributed by atoms with Crippen LogP contribution in [0.5, 0.6) is 11.6 Å². The second-order valence-electron chi connectivity index (χ2n) is 6.84. The van der Waals surface area contributed by atoms with Crippen LogP contribution in [-0.4, -0.2) is 31.3 Å². The molecule has 0 saturated carbocycles. The monoisotopic (exact) mass is 433 g/mol. The topological polar surface area (TPSA) is 116 Å². The largest absolute Gasteiger partial charge is 0.438 e. The summed E-state index contributed by atoms with van der Waals surface area (Å²) in [5, 5.41) is 13.7. The lowest BCUT2D eigenvalue weighted by atomic mass is 10.1. The zero-order chi connectivity index (χ0) is 22.7. The van der Waals surface area contributed by atoms with Crippen LogP contribution in [-0.2, 0) is 13.0 Å². The second kappa shape index (κ2) is 8.49. The van der Waals surface area contributed by atoms with Crippen LogP contribution in [0, 0.1) is 11.3 Å². The minimum absolute atomic E-state index is 0.160. The summed E-state index contributed by atoms with van der Waals surface area (Å²) in [6, 6.07) is 13.9. The molecule has 4 aromatic rings.